The first-order valence-corrected chi connectivity index (χ1v) is 8.86. The Labute approximate surface area is 155 Å². The van der Waals surface area contributed by atoms with Crippen molar-refractivity contribution in [2.75, 3.05) is 7.11 Å². The average Bonchev–Trinajstić information content (AvgIpc) is 2.95. The van der Waals surface area contributed by atoms with Gasteiger partial charge in [-0.25, -0.2) is 5.43 Å². The van der Waals surface area contributed by atoms with Crippen LogP contribution in [0.3, 0.4) is 0 Å². The maximum atomic E-state index is 12.4. The summed E-state index contributed by atoms with van der Waals surface area (Å²) in [6.45, 7) is 3.84. The molecule has 1 heterocycles. The molecule has 3 rings (SSSR count). The lowest BCUT2D eigenvalue weighted by Gasteiger charge is -2.04. The second-order valence-corrected chi connectivity index (χ2v) is 7.04. The fourth-order valence-corrected chi connectivity index (χ4v) is 3.91. The highest BCUT2D eigenvalue weighted by molar-refractivity contribution is 7.21. The number of benzene rings is 2. The fraction of sp³-hybridized carbons (Fsp3) is 0.158. The molecule has 2 aromatic carbocycles. The standard InChI is InChI=1S/C19H17ClN2O2S/c1-11-4-9-15-16(10-11)25-18(17(15)20)19(23)22-21-12(2)13-5-7-14(24-3)8-6-13/h4-10H,1-3H3,(H,22,23). The molecule has 0 radical (unpaired) electrons. The highest BCUT2D eigenvalue weighted by atomic mass is 35.5. The summed E-state index contributed by atoms with van der Waals surface area (Å²) < 4.78 is 6.12. The topological polar surface area (TPSA) is 50.7 Å². The maximum Gasteiger partial charge on any atom is 0.283 e. The molecule has 0 fully saturated rings. The van der Waals surface area contributed by atoms with Gasteiger partial charge in [0.25, 0.3) is 5.91 Å². The average molecular weight is 373 g/mol. The number of aryl methyl sites for hydroxylation is 1. The Morgan fingerprint density at radius 3 is 2.60 bits per heavy atom. The molecule has 1 amide bonds. The van der Waals surface area contributed by atoms with Gasteiger partial charge >= 0.3 is 0 Å². The zero-order valence-corrected chi connectivity index (χ0v) is 15.7. The number of thiophene rings is 1. The third-order valence-corrected chi connectivity index (χ3v) is 5.48. The van der Waals surface area contributed by atoms with Gasteiger partial charge < -0.3 is 4.74 Å². The number of amides is 1. The normalized spacial score (nSPS) is 11.6. The van der Waals surface area contributed by atoms with Crippen LogP contribution in [0.5, 0.6) is 5.75 Å². The molecule has 0 unspecified atom stereocenters. The van der Waals surface area contributed by atoms with Crippen LogP contribution in [0.4, 0.5) is 0 Å². The molecule has 128 valence electrons. The van der Waals surface area contributed by atoms with Crippen molar-refractivity contribution in [3.8, 4) is 5.75 Å². The van der Waals surface area contributed by atoms with E-state index in [-0.39, 0.29) is 5.91 Å². The van der Waals surface area contributed by atoms with Crippen LogP contribution in [0.15, 0.2) is 47.6 Å². The molecule has 0 saturated heterocycles. The zero-order chi connectivity index (χ0) is 18.0. The van der Waals surface area contributed by atoms with E-state index in [0.717, 1.165) is 27.0 Å². The van der Waals surface area contributed by atoms with Crippen molar-refractivity contribution in [3.05, 3.63) is 63.5 Å². The molecular formula is C19H17ClN2O2S. The summed E-state index contributed by atoms with van der Waals surface area (Å²) in [6.07, 6.45) is 0. The molecule has 0 saturated carbocycles. The summed E-state index contributed by atoms with van der Waals surface area (Å²) in [7, 11) is 1.62. The molecule has 4 nitrogen and oxygen atoms in total. The van der Waals surface area contributed by atoms with Gasteiger partial charge in [-0.1, -0.05) is 23.7 Å². The quantitative estimate of drug-likeness (QED) is 0.516. The minimum absolute atomic E-state index is 0.309. The van der Waals surface area contributed by atoms with E-state index in [2.05, 4.69) is 10.5 Å². The van der Waals surface area contributed by atoms with E-state index in [4.69, 9.17) is 16.3 Å². The molecule has 1 N–H and O–H groups in total. The summed E-state index contributed by atoms with van der Waals surface area (Å²) >= 11 is 7.73. The lowest BCUT2D eigenvalue weighted by atomic mass is 10.1. The second-order valence-electron chi connectivity index (χ2n) is 5.61. The van der Waals surface area contributed by atoms with Crippen molar-refractivity contribution in [1.82, 2.24) is 5.43 Å². The summed E-state index contributed by atoms with van der Waals surface area (Å²) in [5.41, 5.74) is 5.32. The highest BCUT2D eigenvalue weighted by Gasteiger charge is 2.17. The van der Waals surface area contributed by atoms with Gasteiger partial charge in [-0.2, -0.15) is 5.10 Å². The summed E-state index contributed by atoms with van der Waals surface area (Å²) in [6, 6.07) is 13.4. The zero-order valence-electron chi connectivity index (χ0n) is 14.1. The van der Waals surface area contributed by atoms with E-state index in [1.807, 2.05) is 56.3 Å². The Bertz CT molecular complexity index is 961. The number of ether oxygens (including phenoxy) is 1. The number of hydrazone groups is 1. The number of fused-ring (bicyclic) bond motifs is 1. The van der Waals surface area contributed by atoms with Crippen LogP contribution in [0.1, 0.15) is 27.7 Å². The molecule has 0 spiro atoms. The van der Waals surface area contributed by atoms with Crippen LogP contribution in [0.25, 0.3) is 10.1 Å². The van der Waals surface area contributed by atoms with Crippen LogP contribution < -0.4 is 10.2 Å². The van der Waals surface area contributed by atoms with Crippen molar-refractivity contribution in [2.45, 2.75) is 13.8 Å². The number of rotatable bonds is 4. The van der Waals surface area contributed by atoms with Crippen LogP contribution in [0, 0.1) is 6.92 Å². The minimum atomic E-state index is -0.309. The number of nitrogens with zero attached hydrogens (tertiary/aromatic N) is 1. The van der Waals surface area contributed by atoms with Crippen molar-refractivity contribution < 1.29 is 9.53 Å². The predicted octanol–water partition coefficient (Wildman–Crippen LogP) is 5.03. The van der Waals surface area contributed by atoms with Crippen molar-refractivity contribution in [3.63, 3.8) is 0 Å². The number of hydrogen-bond donors (Lipinski definition) is 1. The van der Waals surface area contributed by atoms with Crippen molar-refractivity contribution in [2.24, 2.45) is 5.10 Å². The van der Waals surface area contributed by atoms with Gasteiger partial charge in [0, 0.05) is 10.1 Å². The first-order chi connectivity index (χ1) is 12.0. The van der Waals surface area contributed by atoms with Crippen molar-refractivity contribution in [1.29, 1.82) is 0 Å². The predicted molar refractivity (Wildman–Crippen MR) is 104 cm³/mol. The van der Waals surface area contributed by atoms with Gasteiger partial charge in [-0.15, -0.1) is 11.3 Å². The highest BCUT2D eigenvalue weighted by Crippen LogP contribution is 2.35. The molecule has 6 heteroatoms. The Hall–Kier alpha value is -2.37. The third kappa shape index (κ3) is 3.67. The van der Waals surface area contributed by atoms with Gasteiger partial charge in [0.2, 0.25) is 0 Å². The number of methoxy groups -OCH3 is 1. The number of hydrogen-bond acceptors (Lipinski definition) is 4. The Morgan fingerprint density at radius 1 is 1.20 bits per heavy atom. The summed E-state index contributed by atoms with van der Waals surface area (Å²) in [5.74, 6) is 0.463. The van der Waals surface area contributed by atoms with Crippen LogP contribution in [-0.2, 0) is 0 Å². The van der Waals surface area contributed by atoms with Gasteiger partial charge in [0.05, 0.1) is 17.8 Å². The summed E-state index contributed by atoms with van der Waals surface area (Å²) in [4.78, 5) is 12.9. The van der Waals surface area contributed by atoms with Gasteiger partial charge in [0.1, 0.15) is 10.6 Å². The smallest absolute Gasteiger partial charge is 0.283 e. The molecule has 25 heavy (non-hydrogen) atoms. The molecule has 0 aliphatic carbocycles. The first-order valence-electron chi connectivity index (χ1n) is 7.67. The largest absolute Gasteiger partial charge is 0.497 e. The van der Waals surface area contributed by atoms with Gasteiger partial charge in [-0.3, -0.25) is 4.79 Å². The molecule has 0 aliphatic heterocycles. The Morgan fingerprint density at radius 2 is 1.92 bits per heavy atom. The van der Waals surface area contributed by atoms with E-state index >= 15 is 0 Å². The minimum Gasteiger partial charge on any atom is -0.497 e. The van der Waals surface area contributed by atoms with E-state index in [0.29, 0.717) is 15.6 Å². The molecule has 3 aromatic rings. The fourth-order valence-electron chi connectivity index (χ4n) is 2.40. The Kier molecular flexibility index (Phi) is 5.06. The number of halogens is 1. The third-order valence-electron chi connectivity index (χ3n) is 3.82. The Balaban J connectivity index is 1.80. The monoisotopic (exact) mass is 372 g/mol. The van der Waals surface area contributed by atoms with E-state index in [1.165, 1.54) is 11.3 Å². The van der Waals surface area contributed by atoms with E-state index in [1.54, 1.807) is 7.11 Å². The number of carbonyl (C=O) groups is 1. The van der Waals surface area contributed by atoms with Crippen LogP contribution in [0.2, 0.25) is 5.02 Å². The van der Waals surface area contributed by atoms with E-state index < -0.39 is 0 Å². The molecule has 0 bridgehead atoms. The lowest BCUT2D eigenvalue weighted by Crippen LogP contribution is -2.18. The second kappa shape index (κ2) is 7.25. The summed E-state index contributed by atoms with van der Waals surface area (Å²) in [5, 5.41) is 5.53. The van der Waals surface area contributed by atoms with Crippen molar-refractivity contribution >= 4 is 44.6 Å². The lowest BCUT2D eigenvalue weighted by molar-refractivity contribution is 0.0959. The van der Waals surface area contributed by atoms with Crippen LogP contribution >= 0.6 is 22.9 Å². The number of carbonyl (C=O) groups excluding carboxylic acids is 1. The number of nitrogens with one attached hydrogen (secondary N) is 1. The molecule has 0 atom stereocenters. The van der Waals surface area contributed by atoms with Crippen LogP contribution in [-0.4, -0.2) is 18.7 Å². The van der Waals surface area contributed by atoms with Gasteiger partial charge in [0.15, 0.2) is 0 Å². The molecule has 0 aliphatic rings. The first kappa shape index (κ1) is 17.5. The van der Waals surface area contributed by atoms with Gasteiger partial charge in [-0.05, 0) is 55.3 Å². The maximum absolute atomic E-state index is 12.4. The molecular weight excluding hydrogens is 356 g/mol. The SMILES string of the molecule is COc1ccc(C(C)=NNC(=O)c2sc3cc(C)ccc3c2Cl)cc1. The van der Waals surface area contributed by atoms with E-state index in [9.17, 15) is 4.79 Å². The molecule has 1 aromatic heterocycles.